The number of unbranched alkanes of at least 4 members (excludes halogenated alkanes) is 1. The minimum atomic E-state index is -4.00. The van der Waals surface area contributed by atoms with E-state index in [4.69, 9.17) is 5.73 Å². The summed E-state index contributed by atoms with van der Waals surface area (Å²) in [4.78, 5) is 0. The molecular formula is C4H10NNaO3S. The fraction of sp³-hybridized carbons (Fsp3) is 1.00. The van der Waals surface area contributed by atoms with Crippen molar-refractivity contribution >= 4 is 10.1 Å². The van der Waals surface area contributed by atoms with Gasteiger partial charge >= 0.3 is 29.6 Å². The fourth-order valence-corrected chi connectivity index (χ4v) is 0.981. The average molecular weight is 175 g/mol. The topological polar surface area (TPSA) is 83.2 Å². The van der Waals surface area contributed by atoms with E-state index in [9.17, 15) is 13.0 Å². The van der Waals surface area contributed by atoms with Crippen LogP contribution >= 0.6 is 0 Å². The van der Waals surface area contributed by atoms with E-state index in [-0.39, 0.29) is 35.3 Å². The van der Waals surface area contributed by atoms with Gasteiger partial charge in [0, 0.05) is 5.75 Å². The molecule has 0 aliphatic rings. The Labute approximate surface area is 83.2 Å². The van der Waals surface area contributed by atoms with Crippen LogP contribution in [-0.2, 0) is 10.1 Å². The van der Waals surface area contributed by atoms with Crippen LogP contribution in [0.2, 0.25) is 0 Å². The summed E-state index contributed by atoms with van der Waals surface area (Å²) in [6.07, 6.45) is 0.976. The van der Waals surface area contributed by atoms with E-state index in [1.54, 1.807) is 0 Å². The van der Waals surface area contributed by atoms with E-state index >= 15 is 0 Å². The quantitative estimate of drug-likeness (QED) is 0.270. The Hall–Kier alpha value is 0.870. The Morgan fingerprint density at radius 2 is 1.80 bits per heavy atom. The smallest absolute Gasteiger partial charge is 0.748 e. The molecule has 0 saturated heterocycles. The summed E-state index contributed by atoms with van der Waals surface area (Å²) in [7, 11) is -4.00. The van der Waals surface area contributed by atoms with E-state index in [0.717, 1.165) is 0 Å². The van der Waals surface area contributed by atoms with E-state index in [2.05, 4.69) is 0 Å². The zero-order valence-electron chi connectivity index (χ0n) is 6.04. The van der Waals surface area contributed by atoms with Crippen LogP contribution < -0.4 is 35.3 Å². The van der Waals surface area contributed by atoms with Gasteiger partial charge in [-0.25, -0.2) is 8.42 Å². The van der Waals surface area contributed by atoms with Gasteiger partial charge in [-0.2, -0.15) is 0 Å². The molecule has 0 radical (unpaired) electrons. The van der Waals surface area contributed by atoms with Gasteiger partial charge in [0.25, 0.3) is 0 Å². The van der Waals surface area contributed by atoms with Crippen LogP contribution in [0.15, 0.2) is 0 Å². The van der Waals surface area contributed by atoms with Gasteiger partial charge in [-0.3, -0.25) is 0 Å². The van der Waals surface area contributed by atoms with Crippen LogP contribution in [-0.4, -0.2) is 25.3 Å². The van der Waals surface area contributed by atoms with Gasteiger partial charge in [-0.1, -0.05) is 0 Å². The van der Waals surface area contributed by atoms with Crippen molar-refractivity contribution in [2.45, 2.75) is 12.8 Å². The molecule has 0 aromatic rings. The zero-order chi connectivity index (χ0) is 7.33. The van der Waals surface area contributed by atoms with Crippen molar-refractivity contribution in [2.24, 2.45) is 5.73 Å². The molecule has 10 heavy (non-hydrogen) atoms. The van der Waals surface area contributed by atoms with E-state index in [1.165, 1.54) is 0 Å². The van der Waals surface area contributed by atoms with Crippen molar-refractivity contribution in [3.05, 3.63) is 0 Å². The third kappa shape index (κ3) is 11.6. The van der Waals surface area contributed by atoms with Gasteiger partial charge in [0.1, 0.15) is 0 Å². The van der Waals surface area contributed by atoms with E-state index in [0.29, 0.717) is 19.4 Å². The van der Waals surface area contributed by atoms with Crippen molar-refractivity contribution in [3.8, 4) is 0 Å². The summed E-state index contributed by atoms with van der Waals surface area (Å²) in [6, 6.07) is 0. The van der Waals surface area contributed by atoms with E-state index < -0.39 is 10.1 Å². The second-order valence-corrected chi connectivity index (χ2v) is 3.28. The van der Waals surface area contributed by atoms with Crippen LogP contribution in [0.4, 0.5) is 0 Å². The molecular weight excluding hydrogens is 165 g/mol. The third-order valence-electron chi connectivity index (χ3n) is 0.848. The molecule has 0 aliphatic carbocycles. The summed E-state index contributed by atoms with van der Waals surface area (Å²) in [6.45, 7) is 0.440. The SMILES string of the molecule is NCCCCS(=O)(=O)[O-].[Na+]. The first-order chi connectivity index (χ1) is 4.06. The molecule has 0 aromatic heterocycles. The molecule has 0 heterocycles. The van der Waals surface area contributed by atoms with Crippen LogP contribution in [0.5, 0.6) is 0 Å². The van der Waals surface area contributed by atoms with Crippen LogP contribution in [0.3, 0.4) is 0 Å². The molecule has 2 N–H and O–H groups in total. The standard InChI is InChI=1S/C4H11NO3S.Na/c5-3-1-2-4-9(6,7)8;/h1-5H2,(H,6,7,8);/q;+1/p-1. The fourth-order valence-electron chi connectivity index (χ4n) is 0.423. The van der Waals surface area contributed by atoms with Gasteiger partial charge in [-0.05, 0) is 19.4 Å². The largest absolute Gasteiger partial charge is 1.00 e. The Morgan fingerprint density at radius 1 is 1.30 bits per heavy atom. The number of nitrogens with two attached hydrogens (primary N) is 1. The van der Waals surface area contributed by atoms with Gasteiger partial charge in [-0.15, -0.1) is 0 Å². The average Bonchev–Trinajstić information content (AvgIpc) is 1.63. The molecule has 0 saturated carbocycles. The summed E-state index contributed by atoms with van der Waals surface area (Å²) in [5.74, 6) is -0.288. The van der Waals surface area contributed by atoms with Crippen molar-refractivity contribution in [2.75, 3.05) is 12.3 Å². The Balaban J connectivity index is 0. The van der Waals surface area contributed by atoms with Gasteiger partial charge in [0.2, 0.25) is 0 Å². The van der Waals surface area contributed by atoms with Crippen molar-refractivity contribution in [3.63, 3.8) is 0 Å². The van der Waals surface area contributed by atoms with Gasteiger partial charge < -0.3 is 10.3 Å². The predicted molar refractivity (Wildman–Crippen MR) is 32.9 cm³/mol. The summed E-state index contributed by atoms with van der Waals surface area (Å²) >= 11 is 0. The van der Waals surface area contributed by atoms with Crippen LogP contribution in [0, 0.1) is 0 Å². The molecule has 0 aliphatic heterocycles. The molecule has 0 rings (SSSR count). The Bertz CT molecular complexity index is 156. The monoisotopic (exact) mass is 175 g/mol. The maximum Gasteiger partial charge on any atom is 1.00 e. The molecule has 0 fully saturated rings. The van der Waals surface area contributed by atoms with Crippen LogP contribution in [0.25, 0.3) is 0 Å². The summed E-state index contributed by atoms with van der Waals surface area (Å²) in [5, 5.41) is 0. The summed E-state index contributed by atoms with van der Waals surface area (Å²) < 4.78 is 29.7. The van der Waals surface area contributed by atoms with Crippen molar-refractivity contribution < 1.29 is 42.5 Å². The number of hydrogen-bond donors (Lipinski definition) is 1. The zero-order valence-corrected chi connectivity index (χ0v) is 8.86. The van der Waals surface area contributed by atoms with Crippen LogP contribution in [0.1, 0.15) is 12.8 Å². The molecule has 4 nitrogen and oxygen atoms in total. The normalized spacial score (nSPS) is 10.6. The molecule has 0 unspecified atom stereocenters. The first-order valence-corrected chi connectivity index (χ1v) is 4.27. The summed E-state index contributed by atoms with van der Waals surface area (Å²) in [5.41, 5.74) is 5.06. The Morgan fingerprint density at radius 3 is 2.10 bits per heavy atom. The second-order valence-electron chi connectivity index (χ2n) is 1.76. The van der Waals surface area contributed by atoms with Gasteiger partial charge in [0.15, 0.2) is 0 Å². The third-order valence-corrected chi connectivity index (χ3v) is 1.64. The van der Waals surface area contributed by atoms with Crippen molar-refractivity contribution in [1.82, 2.24) is 0 Å². The molecule has 6 heteroatoms. The molecule has 0 bridgehead atoms. The Kier molecular flexibility index (Phi) is 8.85. The molecule has 0 aromatic carbocycles. The molecule has 0 amide bonds. The van der Waals surface area contributed by atoms with Crippen molar-refractivity contribution in [1.29, 1.82) is 0 Å². The predicted octanol–water partition coefficient (Wildman–Crippen LogP) is -3.73. The molecule has 0 spiro atoms. The molecule has 0 atom stereocenters. The number of rotatable bonds is 4. The maximum atomic E-state index is 9.91. The first-order valence-electron chi connectivity index (χ1n) is 2.70. The maximum absolute atomic E-state index is 9.91. The molecule has 56 valence electrons. The second kappa shape index (κ2) is 6.57. The minimum absolute atomic E-state index is 0. The first kappa shape index (κ1) is 13.5. The van der Waals surface area contributed by atoms with E-state index in [1.807, 2.05) is 0 Å². The minimum Gasteiger partial charge on any atom is -0.748 e. The number of hydrogen-bond acceptors (Lipinski definition) is 4. The van der Waals surface area contributed by atoms with Gasteiger partial charge in [0.05, 0.1) is 10.1 Å².